The van der Waals surface area contributed by atoms with Crippen molar-refractivity contribution in [3.8, 4) is 0 Å². The number of nitro benzene ring substituents is 1. The molecule has 0 spiro atoms. The van der Waals surface area contributed by atoms with Gasteiger partial charge in [-0.05, 0) is 35.4 Å². The van der Waals surface area contributed by atoms with Crippen LogP contribution in [0.15, 0.2) is 84.7 Å². The highest BCUT2D eigenvalue weighted by molar-refractivity contribution is 6.14. The molecule has 0 bridgehead atoms. The number of hydrogen-bond acceptors (Lipinski definition) is 4. The maximum absolute atomic E-state index is 13.2. The summed E-state index contributed by atoms with van der Waals surface area (Å²) in [4.78, 5) is 37.0. The second kappa shape index (κ2) is 8.86. The molecule has 4 aromatic rings. The Kier molecular flexibility index (Phi) is 5.58. The van der Waals surface area contributed by atoms with Crippen LogP contribution in [0.1, 0.15) is 16.7 Å². The van der Waals surface area contributed by atoms with Gasteiger partial charge in [-0.3, -0.25) is 19.8 Å². The Hall–Kier alpha value is -4.79. The van der Waals surface area contributed by atoms with Crippen molar-refractivity contribution in [2.75, 3.05) is 0 Å². The number of nitrogens with one attached hydrogen (secondary N) is 1. The van der Waals surface area contributed by atoms with Crippen LogP contribution in [-0.2, 0) is 17.9 Å². The Morgan fingerprint density at radius 1 is 0.914 bits per heavy atom. The Balaban J connectivity index is 1.43. The fourth-order valence-electron chi connectivity index (χ4n) is 4.08. The van der Waals surface area contributed by atoms with Crippen molar-refractivity contribution >= 4 is 34.6 Å². The van der Waals surface area contributed by atoms with Crippen molar-refractivity contribution in [3.05, 3.63) is 117 Å². The molecule has 2 heterocycles. The quantitative estimate of drug-likeness (QED) is 0.189. The third-order valence-electron chi connectivity index (χ3n) is 5.84. The SMILES string of the molecule is O=C1N/C(=C/c2cn(Cc3ccc([N+](=O)[O-])cc3)c3ccccc23)C(=O)N1Cc1ccc(F)cc1. The normalized spacial score (nSPS) is 14.7. The third kappa shape index (κ3) is 4.39. The molecule has 9 heteroatoms. The summed E-state index contributed by atoms with van der Waals surface area (Å²) in [5.74, 6) is -0.858. The van der Waals surface area contributed by atoms with Crippen LogP contribution < -0.4 is 5.32 Å². The summed E-state index contributed by atoms with van der Waals surface area (Å²) in [6.45, 7) is 0.503. The van der Waals surface area contributed by atoms with Crippen molar-refractivity contribution in [3.63, 3.8) is 0 Å². The van der Waals surface area contributed by atoms with Gasteiger partial charge in [0.2, 0.25) is 0 Å². The van der Waals surface area contributed by atoms with E-state index < -0.39 is 22.7 Å². The van der Waals surface area contributed by atoms with Crippen molar-refractivity contribution in [2.24, 2.45) is 0 Å². The molecular formula is C26H19FN4O4. The van der Waals surface area contributed by atoms with Gasteiger partial charge in [-0.25, -0.2) is 9.18 Å². The van der Waals surface area contributed by atoms with E-state index >= 15 is 0 Å². The molecule has 174 valence electrons. The first-order chi connectivity index (χ1) is 16.9. The molecule has 3 aromatic carbocycles. The summed E-state index contributed by atoms with van der Waals surface area (Å²) in [5.41, 5.74) is 3.35. The molecule has 35 heavy (non-hydrogen) atoms. The summed E-state index contributed by atoms with van der Waals surface area (Å²) in [5, 5.41) is 14.4. The molecule has 0 radical (unpaired) electrons. The molecule has 1 aliphatic heterocycles. The molecule has 1 aliphatic rings. The number of halogens is 1. The number of fused-ring (bicyclic) bond motifs is 1. The first kappa shape index (κ1) is 22.0. The smallest absolute Gasteiger partial charge is 0.329 e. The maximum Gasteiger partial charge on any atom is 0.329 e. The molecule has 0 unspecified atom stereocenters. The molecule has 1 aromatic heterocycles. The number of carbonyl (C=O) groups is 2. The van der Waals surface area contributed by atoms with E-state index in [1.54, 1.807) is 18.2 Å². The number of nitrogens with zero attached hydrogens (tertiary/aromatic N) is 3. The predicted octanol–water partition coefficient (Wildman–Crippen LogP) is 4.83. The van der Waals surface area contributed by atoms with Crippen molar-refractivity contribution < 1.29 is 18.9 Å². The molecule has 1 fully saturated rings. The minimum atomic E-state index is -0.541. The second-order valence-electron chi connectivity index (χ2n) is 8.16. The number of rotatable bonds is 6. The molecule has 1 N–H and O–H groups in total. The Labute approximate surface area is 199 Å². The number of nitro groups is 1. The molecule has 1 saturated heterocycles. The zero-order chi connectivity index (χ0) is 24.5. The Bertz CT molecular complexity index is 1490. The van der Waals surface area contributed by atoms with Gasteiger partial charge in [0.15, 0.2) is 0 Å². The van der Waals surface area contributed by atoms with Crippen molar-refractivity contribution in [1.82, 2.24) is 14.8 Å². The first-order valence-electron chi connectivity index (χ1n) is 10.8. The van der Waals surface area contributed by atoms with Gasteiger partial charge in [0, 0.05) is 41.3 Å². The zero-order valence-electron chi connectivity index (χ0n) is 18.3. The van der Waals surface area contributed by atoms with E-state index in [0.29, 0.717) is 12.1 Å². The number of urea groups is 1. The van der Waals surface area contributed by atoms with Gasteiger partial charge < -0.3 is 9.88 Å². The van der Waals surface area contributed by atoms with Gasteiger partial charge in [0.05, 0.1) is 11.5 Å². The van der Waals surface area contributed by atoms with Crippen molar-refractivity contribution in [1.29, 1.82) is 0 Å². The minimum Gasteiger partial charge on any atom is -0.342 e. The summed E-state index contributed by atoms with van der Waals surface area (Å²) < 4.78 is 15.2. The van der Waals surface area contributed by atoms with Crippen LogP contribution in [-0.4, -0.2) is 26.3 Å². The molecule has 8 nitrogen and oxygen atoms in total. The number of imide groups is 1. The van der Waals surface area contributed by atoms with E-state index in [0.717, 1.165) is 26.9 Å². The Morgan fingerprint density at radius 2 is 1.57 bits per heavy atom. The second-order valence-corrected chi connectivity index (χ2v) is 8.16. The summed E-state index contributed by atoms with van der Waals surface area (Å²) in [6, 6.07) is 19.1. The highest BCUT2D eigenvalue weighted by Crippen LogP contribution is 2.26. The van der Waals surface area contributed by atoms with Gasteiger partial charge in [-0.2, -0.15) is 0 Å². The average Bonchev–Trinajstić information content (AvgIpc) is 3.32. The fraction of sp³-hybridized carbons (Fsp3) is 0.0769. The molecule has 0 atom stereocenters. The topological polar surface area (TPSA) is 97.5 Å². The van der Waals surface area contributed by atoms with Crippen LogP contribution in [0.25, 0.3) is 17.0 Å². The number of amides is 3. The van der Waals surface area contributed by atoms with Gasteiger partial charge in [0.25, 0.3) is 11.6 Å². The summed E-state index contributed by atoms with van der Waals surface area (Å²) >= 11 is 0. The van der Waals surface area contributed by atoms with E-state index in [9.17, 15) is 24.1 Å². The van der Waals surface area contributed by atoms with Crippen LogP contribution >= 0.6 is 0 Å². The standard InChI is InChI=1S/C26H19FN4O4/c27-20-9-5-18(6-10-20)15-30-25(32)23(28-26(30)33)13-19-16-29(24-4-2-1-3-22(19)24)14-17-7-11-21(12-8-17)31(34)35/h1-13,16H,14-15H2,(H,28,33)/b23-13+. The highest BCUT2D eigenvalue weighted by atomic mass is 19.1. The van der Waals surface area contributed by atoms with Crippen LogP contribution in [0.5, 0.6) is 0 Å². The number of para-hydroxylation sites is 1. The number of non-ortho nitro benzene ring substituents is 1. The predicted molar refractivity (Wildman–Crippen MR) is 128 cm³/mol. The maximum atomic E-state index is 13.2. The van der Waals surface area contributed by atoms with Gasteiger partial charge in [0.1, 0.15) is 11.5 Å². The molecule has 5 rings (SSSR count). The molecular weight excluding hydrogens is 451 g/mol. The van der Waals surface area contributed by atoms with Crippen molar-refractivity contribution in [2.45, 2.75) is 13.1 Å². The van der Waals surface area contributed by atoms with E-state index in [2.05, 4.69) is 5.32 Å². The number of hydrogen-bond donors (Lipinski definition) is 1. The fourth-order valence-corrected chi connectivity index (χ4v) is 4.08. The monoisotopic (exact) mass is 470 g/mol. The molecule has 0 saturated carbocycles. The summed E-state index contributed by atoms with van der Waals surface area (Å²) in [7, 11) is 0. The first-order valence-corrected chi connectivity index (χ1v) is 10.8. The van der Waals surface area contributed by atoms with Gasteiger partial charge in [-0.1, -0.05) is 42.5 Å². The lowest BCUT2D eigenvalue weighted by molar-refractivity contribution is -0.384. The lowest BCUT2D eigenvalue weighted by atomic mass is 10.1. The third-order valence-corrected chi connectivity index (χ3v) is 5.84. The Morgan fingerprint density at radius 3 is 2.29 bits per heavy atom. The van der Waals surface area contributed by atoms with Gasteiger partial charge >= 0.3 is 6.03 Å². The highest BCUT2D eigenvalue weighted by Gasteiger charge is 2.33. The lowest BCUT2D eigenvalue weighted by Crippen LogP contribution is -2.30. The number of benzene rings is 3. The van der Waals surface area contributed by atoms with Gasteiger partial charge in [-0.15, -0.1) is 0 Å². The van der Waals surface area contributed by atoms with E-state index in [1.807, 2.05) is 35.0 Å². The van der Waals surface area contributed by atoms with Crippen LogP contribution in [0, 0.1) is 15.9 Å². The summed E-state index contributed by atoms with van der Waals surface area (Å²) in [6.07, 6.45) is 3.51. The largest absolute Gasteiger partial charge is 0.342 e. The molecule has 0 aliphatic carbocycles. The van der Waals surface area contributed by atoms with E-state index in [-0.39, 0.29) is 17.9 Å². The lowest BCUT2D eigenvalue weighted by Gasteiger charge is -2.11. The number of aromatic nitrogens is 1. The van der Waals surface area contributed by atoms with E-state index in [4.69, 9.17) is 0 Å². The van der Waals surface area contributed by atoms with Crippen LogP contribution in [0.4, 0.5) is 14.9 Å². The zero-order valence-corrected chi connectivity index (χ0v) is 18.3. The van der Waals surface area contributed by atoms with Crippen LogP contribution in [0.3, 0.4) is 0 Å². The number of carbonyl (C=O) groups excluding carboxylic acids is 2. The average molecular weight is 470 g/mol. The molecule has 3 amide bonds. The van der Waals surface area contributed by atoms with E-state index in [1.165, 1.54) is 36.4 Å². The minimum absolute atomic E-state index is 0.0252. The van der Waals surface area contributed by atoms with Crippen LogP contribution in [0.2, 0.25) is 0 Å².